The van der Waals surface area contributed by atoms with Crippen LogP contribution in [0.3, 0.4) is 0 Å². The van der Waals surface area contributed by atoms with Gasteiger partial charge in [0.25, 0.3) is 0 Å². The maximum Gasteiger partial charge on any atom is 0.135 e. The number of hydrogen-bond acceptors (Lipinski definition) is 3. The number of ether oxygens (including phenoxy) is 3. The molecule has 1 heterocycles. The third kappa shape index (κ3) is 4.40. The van der Waals surface area contributed by atoms with Crippen molar-refractivity contribution in [3.8, 4) is 11.5 Å². The lowest BCUT2D eigenvalue weighted by Gasteiger charge is -2.20. The zero-order valence-corrected chi connectivity index (χ0v) is 14.1. The first-order valence-corrected chi connectivity index (χ1v) is 8.26. The Kier molecular flexibility index (Phi) is 5.09. The summed E-state index contributed by atoms with van der Waals surface area (Å²) in [5.41, 5.74) is 2.07. The molecular formula is C19H21ClO3. The minimum Gasteiger partial charge on any atom is -0.491 e. The summed E-state index contributed by atoms with van der Waals surface area (Å²) in [6.45, 7) is 4.52. The van der Waals surface area contributed by atoms with Crippen molar-refractivity contribution in [3.05, 3.63) is 59.7 Å². The van der Waals surface area contributed by atoms with Crippen LogP contribution in [0.5, 0.6) is 11.5 Å². The molecule has 122 valence electrons. The third-order valence-electron chi connectivity index (χ3n) is 3.90. The van der Waals surface area contributed by atoms with E-state index in [-0.39, 0.29) is 17.8 Å². The maximum absolute atomic E-state index is 6.14. The lowest BCUT2D eigenvalue weighted by molar-refractivity contribution is 0.0107. The van der Waals surface area contributed by atoms with Crippen LogP contribution >= 0.6 is 11.6 Å². The second-order valence-corrected chi connectivity index (χ2v) is 6.40. The fourth-order valence-electron chi connectivity index (χ4n) is 2.54. The highest BCUT2D eigenvalue weighted by molar-refractivity contribution is 6.19. The molecule has 0 bridgehead atoms. The van der Waals surface area contributed by atoms with Gasteiger partial charge in [-0.05, 0) is 38.1 Å². The molecule has 1 aliphatic heterocycles. The highest BCUT2D eigenvalue weighted by Crippen LogP contribution is 2.28. The Morgan fingerprint density at radius 2 is 1.52 bits per heavy atom. The van der Waals surface area contributed by atoms with E-state index in [0.717, 1.165) is 11.5 Å². The van der Waals surface area contributed by atoms with E-state index in [1.54, 1.807) is 0 Å². The minimum absolute atomic E-state index is 0.106. The minimum atomic E-state index is -0.336. The summed E-state index contributed by atoms with van der Waals surface area (Å²) in [4.78, 5) is 0. The van der Waals surface area contributed by atoms with Crippen molar-refractivity contribution < 1.29 is 14.2 Å². The SMILES string of the molecule is Cc1ccc(OCC2OC(Cl)CC2Oc2ccc(C)cc2)cc1. The van der Waals surface area contributed by atoms with Crippen LogP contribution < -0.4 is 9.47 Å². The topological polar surface area (TPSA) is 27.7 Å². The first-order chi connectivity index (χ1) is 11.1. The number of halogens is 1. The molecule has 3 unspecified atom stereocenters. The summed E-state index contributed by atoms with van der Waals surface area (Å²) in [6.07, 6.45) is 0.364. The molecule has 4 heteroatoms. The molecule has 1 saturated heterocycles. The molecule has 3 nitrogen and oxygen atoms in total. The van der Waals surface area contributed by atoms with Gasteiger partial charge in [-0.15, -0.1) is 0 Å². The fourth-order valence-corrected chi connectivity index (χ4v) is 2.85. The Hall–Kier alpha value is -1.71. The van der Waals surface area contributed by atoms with E-state index < -0.39 is 0 Å². The Labute approximate surface area is 142 Å². The van der Waals surface area contributed by atoms with Crippen molar-refractivity contribution in [1.82, 2.24) is 0 Å². The molecule has 3 atom stereocenters. The van der Waals surface area contributed by atoms with Crippen molar-refractivity contribution in [3.63, 3.8) is 0 Å². The third-order valence-corrected chi connectivity index (χ3v) is 4.18. The summed E-state index contributed by atoms with van der Waals surface area (Å²) in [7, 11) is 0. The van der Waals surface area contributed by atoms with E-state index >= 15 is 0 Å². The zero-order chi connectivity index (χ0) is 16.2. The van der Waals surface area contributed by atoms with Crippen LogP contribution in [0.2, 0.25) is 0 Å². The summed E-state index contributed by atoms with van der Waals surface area (Å²) >= 11 is 6.14. The highest BCUT2D eigenvalue weighted by Gasteiger charge is 2.36. The van der Waals surface area contributed by atoms with Gasteiger partial charge in [-0.3, -0.25) is 0 Å². The summed E-state index contributed by atoms with van der Waals surface area (Å²) in [6, 6.07) is 16.0. The first kappa shape index (κ1) is 16.2. The second-order valence-electron chi connectivity index (χ2n) is 5.91. The molecule has 0 amide bonds. The van der Waals surface area contributed by atoms with Gasteiger partial charge < -0.3 is 14.2 Å². The highest BCUT2D eigenvalue weighted by atomic mass is 35.5. The Balaban J connectivity index is 1.60. The number of aryl methyl sites for hydroxylation is 2. The van der Waals surface area contributed by atoms with Crippen LogP contribution in [-0.2, 0) is 4.74 Å². The molecular weight excluding hydrogens is 312 g/mol. The Morgan fingerprint density at radius 3 is 2.13 bits per heavy atom. The second kappa shape index (κ2) is 7.24. The van der Waals surface area contributed by atoms with Crippen LogP contribution in [-0.4, -0.2) is 24.4 Å². The molecule has 0 aliphatic carbocycles. The predicted molar refractivity (Wildman–Crippen MR) is 91.4 cm³/mol. The normalized spacial score (nSPS) is 23.7. The molecule has 23 heavy (non-hydrogen) atoms. The molecule has 2 aromatic rings. The van der Waals surface area contributed by atoms with Crippen molar-refractivity contribution >= 4 is 11.6 Å². The quantitative estimate of drug-likeness (QED) is 0.755. The smallest absolute Gasteiger partial charge is 0.135 e. The fraction of sp³-hybridized carbons (Fsp3) is 0.368. The Morgan fingerprint density at radius 1 is 0.957 bits per heavy atom. The first-order valence-electron chi connectivity index (χ1n) is 7.82. The summed E-state index contributed by atoms with van der Waals surface area (Å²) in [5.74, 6) is 1.65. The molecule has 3 rings (SSSR count). The number of hydrogen-bond donors (Lipinski definition) is 0. The summed E-state index contributed by atoms with van der Waals surface area (Å²) in [5, 5.41) is 0. The molecule has 1 fully saturated rings. The van der Waals surface area contributed by atoms with Gasteiger partial charge in [0.2, 0.25) is 0 Å². The van der Waals surface area contributed by atoms with Crippen LogP contribution in [0, 0.1) is 13.8 Å². The summed E-state index contributed by atoms with van der Waals surface area (Å²) < 4.78 is 17.6. The van der Waals surface area contributed by atoms with E-state index in [0.29, 0.717) is 13.0 Å². The van der Waals surface area contributed by atoms with Gasteiger partial charge >= 0.3 is 0 Å². The van der Waals surface area contributed by atoms with Crippen molar-refractivity contribution in [2.24, 2.45) is 0 Å². The van der Waals surface area contributed by atoms with Gasteiger partial charge in [-0.1, -0.05) is 47.0 Å². The van der Waals surface area contributed by atoms with Gasteiger partial charge in [0.1, 0.15) is 35.9 Å². The van der Waals surface area contributed by atoms with E-state index in [1.807, 2.05) is 55.5 Å². The van der Waals surface area contributed by atoms with Crippen molar-refractivity contribution in [2.45, 2.75) is 38.0 Å². The monoisotopic (exact) mass is 332 g/mol. The molecule has 0 spiro atoms. The van der Waals surface area contributed by atoms with Crippen molar-refractivity contribution in [2.75, 3.05) is 6.61 Å². The average Bonchev–Trinajstić information content (AvgIpc) is 2.89. The average molecular weight is 333 g/mol. The Bertz CT molecular complexity index is 624. The van der Waals surface area contributed by atoms with E-state index in [4.69, 9.17) is 25.8 Å². The van der Waals surface area contributed by atoms with Gasteiger partial charge in [0.05, 0.1) is 0 Å². The molecule has 0 radical (unpaired) electrons. The standard InChI is InChI=1S/C19H21ClO3/c1-13-3-7-15(8-4-13)21-12-18-17(11-19(20)23-18)22-16-9-5-14(2)6-10-16/h3-10,17-19H,11-12H2,1-2H3. The lowest BCUT2D eigenvalue weighted by atomic mass is 10.2. The maximum atomic E-state index is 6.14. The molecule has 0 aromatic heterocycles. The molecule has 0 N–H and O–H groups in total. The molecule has 2 aromatic carbocycles. The number of rotatable bonds is 5. The van der Waals surface area contributed by atoms with Crippen LogP contribution in [0.4, 0.5) is 0 Å². The predicted octanol–water partition coefficient (Wildman–Crippen LogP) is 4.48. The zero-order valence-electron chi connectivity index (χ0n) is 13.4. The van der Waals surface area contributed by atoms with Crippen LogP contribution in [0.15, 0.2) is 48.5 Å². The lowest BCUT2D eigenvalue weighted by Crippen LogP contribution is -2.32. The van der Waals surface area contributed by atoms with E-state index in [9.17, 15) is 0 Å². The molecule has 1 aliphatic rings. The van der Waals surface area contributed by atoms with Gasteiger partial charge in [0, 0.05) is 6.42 Å². The van der Waals surface area contributed by atoms with E-state index in [1.165, 1.54) is 11.1 Å². The van der Waals surface area contributed by atoms with Gasteiger partial charge in [-0.25, -0.2) is 0 Å². The number of benzene rings is 2. The van der Waals surface area contributed by atoms with Gasteiger partial charge in [0.15, 0.2) is 0 Å². The van der Waals surface area contributed by atoms with Crippen LogP contribution in [0.25, 0.3) is 0 Å². The van der Waals surface area contributed by atoms with Gasteiger partial charge in [-0.2, -0.15) is 0 Å². The largest absolute Gasteiger partial charge is 0.491 e. The van der Waals surface area contributed by atoms with Crippen molar-refractivity contribution in [1.29, 1.82) is 0 Å². The van der Waals surface area contributed by atoms with Crippen LogP contribution in [0.1, 0.15) is 17.5 Å². The number of alkyl halides is 1. The van der Waals surface area contributed by atoms with E-state index in [2.05, 4.69) is 6.92 Å². The molecule has 0 saturated carbocycles.